The maximum Gasteiger partial charge on any atom is 0.247 e. The third-order valence-electron chi connectivity index (χ3n) is 8.11. The zero-order chi connectivity index (χ0) is 23.9. The van der Waals surface area contributed by atoms with Gasteiger partial charge in [0, 0.05) is 22.5 Å². The molecular formula is C32H32BN. The lowest BCUT2D eigenvalue weighted by Gasteiger charge is -2.47. The highest BCUT2D eigenvalue weighted by Gasteiger charge is 2.47. The minimum absolute atomic E-state index is 0.0513. The van der Waals surface area contributed by atoms with Crippen molar-refractivity contribution < 1.29 is 0 Å². The Morgan fingerprint density at radius 2 is 1.32 bits per heavy atom. The Bertz CT molecular complexity index is 1480. The van der Waals surface area contributed by atoms with Gasteiger partial charge in [-0.3, -0.25) is 0 Å². The Morgan fingerprint density at radius 3 is 2.06 bits per heavy atom. The minimum atomic E-state index is -0.0513. The summed E-state index contributed by atoms with van der Waals surface area (Å²) in [6.45, 7) is 16.4. The fraction of sp³-hybridized carbons (Fsp3) is 0.250. The molecule has 0 bridgehead atoms. The number of hydrogen-bond donors (Lipinski definition) is 0. The molecule has 4 aromatic carbocycles. The largest absolute Gasteiger partial charge is 0.311 e. The molecule has 0 fully saturated rings. The number of aryl methyl sites for hydroxylation is 5. The van der Waals surface area contributed by atoms with Crippen LogP contribution in [0.4, 0.5) is 17.1 Å². The van der Waals surface area contributed by atoms with Gasteiger partial charge in [0.05, 0.1) is 0 Å². The SMILES string of the molecule is Cc1ccc(N2c3c(C)cc(C)cc3B3c4ccccc4C(C)(C)c4c(C)cc(C)c2c43)cc1. The van der Waals surface area contributed by atoms with Crippen molar-refractivity contribution >= 4 is 40.2 Å². The molecule has 2 aliphatic rings. The molecule has 0 saturated heterocycles. The Hall–Kier alpha value is -3.26. The fourth-order valence-corrected chi connectivity index (χ4v) is 6.93. The molecule has 2 aliphatic heterocycles. The Balaban J connectivity index is 1.81. The normalized spacial score (nSPS) is 15.0. The third-order valence-corrected chi connectivity index (χ3v) is 8.11. The summed E-state index contributed by atoms with van der Waals surface area (Å²) in [5.74, 6) is 0. The van der Waals surface area contributed by atoms with E-state index in [1.54, 1.807) is 0 Å². The number of hydrogen-bond acceptors (Lipinski definition) is 1. The van der Waals surface area contributed by atoms with Crippen LogP contribution in [0.5, 0.6) is 0 Å². The molecule has 0 saturated carbocycles. The summed E-state index contributed by atoms with van der Waals surface area (Å²) >= 11 is 0. The molecule has 34 heavy (non-hydrogen) atoms. The van der Waals surface area contributed by atoms with E-state index >= 15 is 0 Å². The van der Waals surface area contributed by atoms with E-state index in [0.29, 0.717) is 0 Å². The quantitative estimate of drug-likeness (QED) is 0.281. The van der Waals surface area contributed by atoms with Crippen molar-refractivity contribution in [3.8, 4) is 0 Å². The first-order valence-electron chi connectivity index (χ1n) is 12.4. The summed E-state index contributed by atoms with van der Waals surface area (Å²) in [6.07, 6.45) is 0. The lowest BCUT2D eigenvalue weighted by atomic mass is 9.29. The van der Waals surface area contributed by atoms with Gasteiger partial charge in [-0.25, -0.2) is 0 Å². The average molecular weight is 441 g/mol. The highest BCUT2D eigenvalue weighted by molar-refractivity contribution is 6.99. The van der Waals surface area contributed by atoms with Gasteiger partial charge in [-0.05, 0) is 85.5 Å². The van der Waals surface area contributed by atoms with Crippen molar-refractivity contribution in [2.75, 3.05) is 4.90 Å². The number of benzene rings is 4. The molecular weight excluding hydrogens is 409 g/mol. The monoisotopic (exact) mass is 441 g/mol. The highest BCUT2D eigenvalue weighted by atomic mass is 15.2. The summed E-state index contributed by atoms with van der Waals surface area (Å²) < 4.78 is 0. The van der Waals surface area contributed by atoms with Crippen LogP contribution in [0.1, 0.15) is 52.8 Å². The van der Waals surface area contributed by atoms with Gasteiger partial charge in [0.2, 0.25) is 6.71 Å². The molecule has 6 rings (SSSR count). The molecule has 0 spiro atoms. The second-order valence-corrected chi connectivity index (χ2v) is 11.0. The number of nitrogens with zero attached hydrogens (tertiary/aromatic N) is 1. The van der Waals surface area contributed by atoms with Gasteiger partial charge >= 0.3 is 0 Å². The van der Waals surface area contributed by atoms with Crippen molar-refractivity contribution in [1.29, 1.82) is 0 Å². The molecule has 0 radical (unpaired) electrons. The molecule has 0 aliphatic carbocycles. The van der Waals surface area contributed by atoms with Crippen molar-refractivity contribution in [1.82, 2.24) is 0 Å². The standard InChI is InChI=1S/C32H32BN/c1-19-12-14-24(15-13-19)34-30-22(4)16-20(2)17-27(30)33-26-11-9-8-10-25(26)32(6,7)28-21(3)18-23(5)31(34)29(28)33/h8-18H,1-7H3. The molecule has 2 heteroatoms. The lowest BCUT2D eigenvalue weighted by Crippen LogP contribution is -2.64. The van der Waals surface area contributed by atoms with Crippen LogP contribution in [-0.2, 0) is 5.41 Å². The van der Waals surface area contributed by atoms with Crippen LogP contribution in [0.3, 0.4) is 0 Å². The summed E-state index contributed by atoms with van der Waals surface area (Å²) in [6, 6.07) is 25.4. The molecule has 1 nitrogen and oxygen atoms in total. The maximum absolute atomic E-state index is 2.55. The zero-order valence-electron chi connectivity index (χ0n) is 21.4. The smallest absolute Gasteiger partial charge is 0.247 e. The number of anilines is 3. The molecule has 0 unspecified atom stereocenters. The molecule has 4 aromatic rings. The van der Waals surface area contributed by atoms with Crippen molar-refractivity contribution in [3.63, 3.8) is 0 Å². The van der Waals surface area contributed by atoms with Gasteiger partial charge in [0.15, 0.2) is 0 Å². The Labute approximate surface area is 204 Å². The molecule has 0 atom stereocenters. The van der Waals surface area contributed by atoms with E-state index in [1.807, 2.05) is 0 Å². The maximum atomic E-state index is 2.55. The van der Waals surface area contributed by atoms with Crippen LogP contribution in [0.25, 0.3) is 0 Å². The van der Waals surface area contributed by atoms with Gasteiger partial charge in [0.1, 0.15) is 0 Å². The first kappa shape index (κ1) is 21.3. The molecule has 0 amide bonds. The number of fused-ring (bicyclic) bond motifs is 4. The van der Waals surface area contributed by atoms with Crippen LogP contribution >= 0.6 is 0 Å². The predicted octanol–water partition coefficient (Wildman–Crippen LogP) is 6.17. The van der Waals surface area contributed by atoms with E-state index < -0.39 is 0 Å². The van der Waals surface area contributed by atoms with Gasteiger partial charge in [-0.15, -0.1) is 0 Å². The van der Waals surface area contributed by atoms with Crippen LogP contribution < -0.4 is 21.3 Å². The highest BCUT2D eigenvalue weighted by Crippen LogP contribution is 2.45. The topological polar surface area (TPSA) is 3.24 Å². The Kier molecular flexibility index (Phi) is 4.46. The summed E-state index contributed by atoms with van der Waals surface area (Å²) in [7, 11) is 0. The third kappa shape index (κ3) is 2.75. The van der Waals surface area contributed by atoms with Gasteiger partial charge in [0.25, 0.3) is 0 Å². The van der Waals surface area contributed by atoms with Crippen LogP contribution in [0.2, 0.25) is 0 Å². The first-order valence-corrected chi connectivity index (χ1v) is 12.4. The molecule has 2 heterocycles. The van der Waals surface area contributed by atoms with E-state index in [4.69, 9.17) is 0 Å². The van der Waals surface area contributed by atoms with Gasteiger partial charge in [-0.2, -0.15) is 0 Å². The van der Waals surface area contributed by atoms with E-state index in [9.17, 15) is 0 Å². The van der Waals surface area contributed by atoms with E-state index in [2.05, 4.69) is 120 Å². The summed E-state index contributed by atoms with van der Waals surface area (Å²) in [4.78, 5) is 2.55. The minimum Gasteiger partial charge on any atom is -0.311 e. The molecule has 0 aromatic heterocycles. The van der Waals surface area contributed by atoms with E-state index in [1.165, 1.54) is 72.4 Å². The van der Waals surface area contributed by atoms with Gasteiger partial charge < -0.3 is 4.90 Å². The van der Waals surface area contributed by atoms with E-state index in [0.717, 1.165) is 0 Å². The summed E-state index contributed by atoms with van der Waals surface area (Å²) in [5.41, 5.74) is 18.0. The fourth-order valence-electron chi connectivity index (χ4n) is 6.93. The van der Waals surface area contributed by atoms with Crippen LogP contribution in [-0.4, -0.2) is 6.71 Å². The van der Waals surface area contributed by atoms with Crippen molar-refractivity contribution in [2.24, 2.45) is 0 Å². The Morgan fingerprint density at radius 1 is 0.647 bits per heavy atom. The number of rotatable bonds is 1. The van der Waals surface area contributed by atoms with Crippen molar-refractivity contribution in [2.45, 2.75) is 53.9 Å². The average Bonchev–Trinajstić information content (AvgIpc) is 2.77. The van der Waals surface area contributed by atoms with Crippen LogP contribution in [0.15, 0.2) is 66.7 Å². The second kappa shape index (κ2) is 7.12. The van der Waals surface area contributed by atoms with Crippen molar-refractivity contribution in [3.05, 3.63) is 106 Å². The first-order chi connectivity index (χ1) is 16.2. The van der Waals surface area contributed by atoms with Gasteiger partial charge in [-0.1, -0.05) is 85.0 Å². The molecule has 0 N–H and O–H groups in total. The summed E-state index contributed by atoms with van der Waals surface area (Å²) in [5, 5.41) is 0. The predicted molar refractivity (Wildman–Crippen MR) is 148 cm³/mol. The second-order valence-electron chi connectivity index (χ2n) is 11.0. The van der Waals surface area contributed by atoms with E-state index in [-0.39, 0.29) is 12.1 Å². The zero-order valence-corrected chi connectivity index (χ0v) is 21.4. The lowest BCUT2D eigenvalue weighted by molar-refractivity contribution is 0.641. The molecule has 168 valence electrons. The van der Waals surface area contributed by atoms with Crippen LogP contribution in [0, 0.1) is 34.6 Å².